The molecule has 0 radical (unpaired) electrons. The van der Waals surface area contributed by atoms with E-state index in [-0.39, 0.29) is 5.41 Å². The van der Waals surface area contributed by atoms with Crippen molar-refractivity contribution in [3.05, 3.63) is 70.8 Å². The molecule has 0 heterocycles. The number of rotatable bonds is 4. The monoisotopic (exact) mass is 309 g/mol. The fourth-order valence-electron chi connectivity index (χ4n) is 3.77. The van der Waals surface area contributed by atoms with Crippen LogP contribution >= 0.6 is 0 Å². The third-order valence-electron chi connectivity index (χ3n) is 5.16. The first-order chi connectivity index (χ1) is 10.9. The molecule has 2 nitrogen and oxygen atoms in total. The number of nitrogens with zero attached hydrogens (tertiary/aromatic N) is 1. The summed E-state index contributed by atoms with van der Waals surface area (Å²) < 4.78 is 6.49. The number of ether oxygens (including phenoxy) is 1. The van der Waals surface area contributed by atoms with Crippen LogP contribution < -0.4 is 0 Å². The van der Waals surface area contributed by atoms with E-state index in [9.17, 15) is 0 Å². The molecular weight excluding hydrogens is 282 g/mol. The molecule has 0 N–H and O–H groups in total. The quantitative estimate of drug-likeness (QED) is 0.840. The fraction of sp³-hybridized carbons (Fsp3) is 0.429. The smallest absolute Gasteiger partial charge is 0.116 e. The van der Waals surface area contributed by atoms with Gasteiger partial charge >= 0.3 is 0 Å². The summed E-state index contributed by atoms with van der Waals surface area (Å²) in [6.07, 6.45) is 0. The Morgan fingerprint density at radius 3 is 1.65 bits per heavy atom. The van der Waals surface area contributed by atoms with Crippen molar-refractivity contribution < 1.29 is 4.74 Å². The number of hydrogen-bond acceptors (Lipinski definition) is 2. The Morgan fingerprint density at radius 1 is 0.783 bits per heavy atom. The highest BCUT2D eigenvalue weighted by molar-refractivity contribution is 5.57. The van der Waals surface area contributed by atoms with Crippen molar-refractivity contribution in [3.63, 3.8) is 0 Å². The van der Waals surface area contributed by atoms with Gasteiger partial charge in [0.05, 0.1) is 6.61 Å². The van der Waals surface area contributed by atoms with E-state index in [1.807, 2.05) is 0 Å². The molecule has 3 rings (SSSR count). The lowest BCUT2D eigenvalue weighted by Gasteiger charge is -2.45. The van der Waals surface area contributed by atoms with Crippen LogP contribution in [0.15, 0.2) is 48.5 Å². The Labute approximate surface area is 140 Å². The standard InChI is InChI=1S/C21H27NO/c1-20(2)16-10-6-8-12-18(16)21(3,23-15-14-22(4)5)19-13-9-7-11-17(19)20/h6-13H,14-15H2,1-5H3. The molecule has 23 heavy (non-hydrogen) atoms. The molecule has 1 aliphatic rings. The largest absolute Gasteiger partial charge is 0.364 e. The zero-order valence-electron chi connectivity index (χ0n) is 14.9. The maximum absolute atomic E-state index is 6.49. The zero-order chi connectivity index (χ0) is 16.7. The molecule has 0 amide bonds. The van der Waals surface area contributed by atoms with E-state index in [1.165, 1.54) is 22.3 Å². The molecule has 0 spiro atoms. The van der Waals surface area contributed by atoms with Gasteiger partial charge in [0.25, 0.3) is 0 Å². The maximum atomic E-state index is 6.49. The first-order valence-corrected chi connectivity index (χ1v) is 8.36. The summed E-state index contributed by atoms with van der Waals surface area (Å²) in [7, 11) is 4.16. The normalized spacial score (nSPS) is 17.7. The highest BCUT2D eigenvalue weighted by atomic mass is 16.5. The molecule has 0 aliphatic heterocycles. The van der Waals surface area contributed by atoms with Crippen LogP contribution in [0.2, 0.25) is 0 Å². The third kappa shape index (κ3) is 2.60. The van der Waals surface area contributed by atoms with Crippen LogP contribution in [0.3, 0.4) is 0 Å². The highest BCUT2D eigenvalue weighted by Crippen LogP contribution is 2.49. The Morgan fingerprint density at radius 2 is 1.22 bits per heavy atom. The third-order valence-corrected chi connectivity index (χ3v) is 5.16. The molecular formula is C21H27NO. The average molecular weight is 309 g/mol. The highest BCUT2D eigenvalue weighted by Gasteiger charge is 2.44. The van der Waals surface area contributed by atoms with Gasteiger partial charge in [-0.3, -0.25) is 0 Å². The van der Waals surface area contributed by atoms with Crippen molar-refractivity contribution in [1.29, 1.82) is 0 Å². The Bertz CT molecular complexity index is 653. The summed E-state index contributed by atoms with van der Waals surface area (Å²) in [5, 5.41) is 0. The molecule has 0 fully saturated rings. The lowest BCUT2D eigenvalue weighted by molar-refractivity contribution is -0.0145. The molecule has 0 unspecified atom stereocenters. The zero-order valence-corrected chi connectivity index (χ0v) is 14.9. The van der Waals surface area contributed by atoms with Crippen molar-refractivity contribution in [1.82, 2.24) is 4.90 Å². The van der Waals surface area contributed by atoms with Crippen LogP contribution in [0.25, 0.3) is 0 Å². The molecule has 2 heteroatoms. The molecule has 0 saturated heterocycles. The molecule has 0 atom stereocenters. The minimum Gasteiger partial charge on any atom is -0.364 e. The summed E-state index contributed by atoms with van der Waals surface area (Å²) in [6.45, 7) is 8.47. The number of hydrogen-bond donors (Lipinski definition) is 0. The van der Waals surface area contributed by atoms with Crippen molar-refractivity contribution in [3.8, 4) is 0 Å². The first-order valence-electron chi connectivity index (χ1n) is 8.36. The second-order valence-corrected chi connectivity index (χ2v) is 7.40. The van der Waals surface area contributed by atoms with Gasteiger partial charge in [-0.15, -0.1) is 0 Å². The molecule has 0 saturated carbocycles. The van der Waals surface area contributed by atoms with E-state index < -0.39 is 5.60 Å². The maximum Gasteiger partial charge on any atom is 0.116 e. The van der Waals surface area contributed by atoms with Crippen LogP contribution in [0.4, 0.5) is 0 Å². The second kappa shape index (κ2) is 5.77. The molecule has 1 aliphatic carbocycles. The minimum absolute atomic E-state index is 0.00238. The molecule has 0 bridgehead atoms. The van der Waals surface area contributed by atoms with Gasteiger partial charge in [0.1, 0.15) is 5.60 Å². The van der Waals surface area contributed by atoms with Crippen LogP contribution in [0.5, 0.6) is 0 Å². The van der Waals surface area contributed by atoms with Gasteiger partial charge in [-0.2, -0.15) is 0 Å². The van der Waals surface area contributed by atoms with Crippen LogP contribution in [-0.2, 0) is 15.8 Å². The summed E-state index contributed by atoms with van der Waals surface area (Å²) >= 11 is 0. The molecule has 122 valence electrons. The van der Waals surface area contributed by atoms with Gasteiger partial charge in [-0.1, -0.05) is 62.4 Å². The second-order valence-electron chi connectivity index (χ2n) is 7.40. The van der Waals surface area contributed by atoms with Gasteiger partial charge in [-0.05, 0) is 43.3 Å². The van der Waals surface area contributed by atoms with E-state index in [0.717, 1.165) is 6.54 Å². The summed E-state index contributed by atoms with van der Waals surface area (Å²) in [5.74, 6) is 0. The molecule has 2 aromatic rings. The minimum atomic E-state index is -0.390. The Balaban J connectivity index is 2.13. The van der Waals surface area contributed by atoms with Crippen molar-refractivity contribution >= 4 is 0 Å². The van der Waals surface area contributed by atoms with Gasteiger partial charge in [0, 0.05) is 12.0 Å². The van der Waals surface area contributed by atoms with E-state index in [0.29, 0.717) is 6.61 Å². The van der Waals surface area contributed by atoms with Crippen LogP contribution in [0, 0.1) is 0 Å². The van der Waals surface area contributed by atoms with Crippen LogP contribution in [-0.4, -0.2) is 32.1 Å². The lowest BCUT2D eigenvalue weighted by atomic mass is 9.64. The molecule has 0 aromatic heterocycles. The lowest BCUT2D eigenvalue weighted by Crippen LogP contribution is -2.41. The van der Waals surface area contributed by atoms with E-state index >= 15 is 0 Å². The summed E-state index contributed by atoms with van der Waals surface area (Å²) in [4.78, 5) is 2.16. The summed E-state index contributed by atoms with van der Waals surface area (Å²) in [6, 6.07) is 17.5. The van der Waals surface area contributed by atoms with E-state index in [4.69, 9.17) is 4.74 Å². The van der Waals surface area contributed by atoms with Crippen molar-refractivity contribution in [2.24, 2.45) is 0 Å². The van der Waals surface area contributed by atoms with Gasteiger partial charge in [-0.25, -0.2) is 0 Å². The van der Waals surface area contributed by atoms with Crippen LogP contribution in [0.1, 0.15) is 43.0 Å². The number of benzene rings is 2. The predicted molar refractivity (Wildman–Crippen MR) is 96.0 cm³/mol. The van der Waals surface area contributed by atoms with Gasteiger partial charge in [0.2, 0.25) is 0 Å². The molecule has 2 aromatic carbocycles. The fourth-order valence-corrected chi connectivity index (χ4v) is 3.77. The topological polar surface area (TPSA) is 12.5 Å². The van der Waals surface area contributed by atoms with E-state index in [1.54, 1.807) is 0 Å². The number of fused-ring (bicyclic) bond motifs is 2. The Kier molecular flexibility index (Phi) is 4.07. The van der Waals surface area contributed by atoms with Crippen molar-refractivity contribution in [2.75, 3.05) is 27.2 Å². The number of likely N-dealkylation sites (N-methyl/N-ethyl adjacent to an activating group) is 1. The van der Waals surface area contributed by atoms with Crippen molar-refractivity contribution in [2.45, 2.75) is 31.8 Å². The van der Waals surface area contributed by atoms with Gasteiger partial charge in [0.15, 0.2) is 0 Å². The average Bonchev–Trinajstić information content (AvgIpc) is 2.53. The SMILES string of the molecule is CN(C)CCOC1(C)c2ccccc2C(C)(C)c2ccccc21. The van der Waals surface area contributed by atoms with Gasteiger partial charge < -0.3 is 9.64 Å². The first kappa shape index (κ1) is 16.2. The Hall–Kier alpha value is -1.64. The van der Waals surface area contributed by atoms with E-state index in [2.05, 4.69) is 88.3 Å². The predicted octanol–water partition coefficient (Wildman–Crippen LogP) is 4.17. The summed E-state index contributed by atoms with van der Waals surface area (Å²) in [5.41, 5.74) is 4.93.